The van der Waals surface area contributed by atoms with Crippen LogP contribution < -0.4 is 0 Å². The first-order valence-electron chi connectivity index (χ1n) is 14.5. The average Bonchev–Trinajstić information content (AvgIpc) is 3.37. The van der Waals surface area contributed by atoms with E-state index < -0.39 is 0 Å². The molecule has 1 aromatic heterocycles. The highest BCUT2D eigenvalue weighted by molar-refractivity contribution is 9.10. The number of nitriles is 1. The molecule has 0 aliphatic carbocycles. The Hall–Kier alpha value is -3.27. The molecule has 1 unspecified atom stereocenters. The molecule has 0 N–H and O–H groups in total. The van der Waals surface area contributed by atoms with Crippen LogP contribution in [-0.2, 0) is 9.59 Å². The number of benzene rings is 2. The van der Waals surface area contributed by atoms with Crippen molar-refractivity contribution in [3.63, 3.8) is 0 Å². The van der Waals surface area contributed by atoms with Gasteiger partial charge in [-0.1, -0.05) is 123 Å². The molecule has 3 rings (SSSR count). The van der Waals surface area contributed by atoms with Gasteiger partial charge in [0.1, 0.15) is 13.6 Å². The molecule has 44 heavy (non-hydrogen) atoms. The second-order valence-corrected chi connectivity index (χ2v) is 10.6. The molecule has 0 radical (unpaired) electrons. The number of hydrogen-bond donors (Lipinski definition) is 0. The Morgan fingerprint density at radius 2 is 1.64 bits per heavy atom. The third-order valence-corrected chi connectivity index (χ3v) is 6.97. The van der Waals surface area contributed by atoms with Gasteiger partial charge in [-0.2, -0.15) is 10.4 Å². The second kappa shape index (κ2) is 31.2. The van der Waals surface area contributed by atoms with Crippen molar-refractivity contribution < 1.29 is 9.59 Å². The number of halogens is 2. The predicted molar refractivity (Wildman–Crippen MR) is 197 cm³/mol. The van der Waals surface area contributed by atoms with E-state index in [1.165, 1.54) is 32.1 Å². The second-order valence-electron chi connectivity index (χ2n) is 9.30. The fraction of sp³-hybridized carbons (Fsp3) is 0.405. The van der Waals surface area contributed by atoms with Gasteiger partial charge in [-0.25, -0.2) is 4.68 Å². The highest BCUT2D eigenvalue weighted by Gasteiger charge is 2.07. The van der Waals surface area contributed by atoms with Crippen molar-refractivity contribution in [3.05, 3.63) is 99.3 Å². The third kappa shape index (κ3) is 20.6. The maximum Gasteiger partial charge on any atom is 0.106 e. The minimum absolute atomic E-state index is 0. The van der Waals surface area contributed by atoms with Gasteiger partial charge >= 0.3 is 0 Å². The summed E-state index contributed by atoms with van der Waals surface area (Å²) >= 11 is 9.62. The van der Waals surface area contributed by atoms with Gasteiger partial charge in [-0.3, -0.25) is 0 Å². The average molecular weight is 689 g/mol. The topological polar surface area (TPSA) is 75.8 Å². The lowest BCUT2D eigenvalue weighted by Crippen LogP contribution is -1.98. The van der Waals surface area contributed by atoms with Gasteiger partial charge in [0.2, 0.25) is 0 Å². The third-order valence-electron chi connectivity index (χ3n) is 5.87. The minimum Gasteiger partial charge on any atom is -0.307 e. The van der Waals surface area contributed by atoms with Crippen LogP contribution in [0.5, 0.6) is 0 Å². The van der Waals surface area contributed by atoms with Crippen LogP contribution in [0.1, 0.15) is 103 Å². The number of aryl methyl sites for hydroxylation is 1. The van der Waals surface area contributed by atoms with Gasteiger partial charge in [0, 0.05) is 10.7 Å². The fourth-order valence-electron chi connectivity index (χ4n) is 3.76. The highest BCUT2D eigenvalue weighted by Crippen LogP contribution is 2.26. The molecule has 5 nitrogen and oxygen atoms in total. The van der Waals surface area contributed by atoms with E-state index in [-0.39, 0.29) is 7.43 Å². The van der Waals surface area contributed by atoms with Crippen molar-refractivity contribution in [2.24, 2.45) is 5.92 Å². The SMILES string of the molecule is C.C=C(/C=C(/C)n1ncc(Br)c1C)c1ccccc1Cl.C=O.C=O.CC.CCCCC(C)CCC.Cc1cccc(C#N)c1. The normalized spacial score (nSPS) is 9.89. The number of nitrogens with zero attached hydrogens (tertiary/aromatic N) is 3. The molecular formula is C37H55BrClN3O2. The molecule has 7 heteroatoms. The Balaban J connectivity index is -0.000000271. The zero-order valence-corrected chi connectivity index (χ0v) is 29.8. The molecule has 1 heterocycles. The van der Waals surface area contributed by atoms with E-state index >= 15 is 0 Å². The van der Waals surface area contributed by atoms with E-state index in [0.29, 0.717) is 5.02 Å². The number of unbranched alkanes of at least 4 members (excludes halogenated alkanes) is 1. The lowest BCUT2D eigenvalue weighted by atomic mass is 10.00. The molecule has 244 valence electrons. The van der Waals surface area contributed by atoms with Crippen LogP contribution in [-0.4, -0.2) is 23.4 Å². The molecule has 0 saturated heterocycles. The largest absolute Gasteiger partial charge is 0.307 e. The van der Waals surface area contributed by atoms with Gasteiger partial charge in [0.15, 0.2) is 0 Å². The predicted octanol–water partition coefficient (Wildman–Crippen LogP) is 12.0. The van der Waals surface area contributed by atoms with E-state index in [2.05, 4.69) is 54.4 Å². The molecule has 0 bridgehead atoms. The van der Waals surface area contributed by atoms with Crippen LogP contribution in [0.2, 0.25) is 5.02 Å². The lowest BCUT2D eigenvalue weighted by molar-refractivity contribution is -0.0987. The maximum absolute atomic E-state index is 8.41. The van der Waals surface area contributed by atoms with Gasteiger partial charge in [-0.15, -0.1) is 0 Å². The molecule has 2 aromatic carbocycles. The van der Waals surface area contributed by atoms with Crippen molar-refractivity contribution in [2.75, 3.05) is 0 Å². The molecule has 0 saturated carbocycles. The monoisotopic (exact) mass is 687 g/mol. The van der Waals surface area contributed by atoms with E-state index in [0.717, 1.165) is 44.0 Å². The van der Waals surface area contributed by atoms with Crippen molar-refractivity contribution in [2.45, 2.75) is 94.9 Å². The number of rotatable bonds is 8. The van der Waals surface area contributed by atoms with Crippen LogP contribution in [0.15, 0.2) is 71.9 Å². The van der Waals surface area contributed by atoms with Crippen LogP contribution in [0, 0.1) is 31.1 Å². The summed E-state index contributed by atoms with van der Waals surface area (Å²) < 4.78 is 2.86. The molecule has 0 aliphatic heterocycles. The minimum atomic E-state index is 0. The first kappa shape index (κ1) is 47.7. The molecule has 0 aliphatic rings. The summed E-state index contributed by atoms with van der Waals surface area (Å²) in [6.45, 7) is 24.9. The summed E-state index contributed by atoms with van der Waals surface area (Å²) in [7, 11) is 0. The summed E-state index contributed by atoms with van der Waals surface area (Å²) in [5.74, 6) is 0.968. The highest BCUT2D eigenvalue weighted by atomic mass is 79.9. The maximum atomic E-state index is 8.41. The Morgan fingerprint density at radius 1 is 1.05 bits per heavy atom. The summed E-state index contributed by atoms with van der Waals surface area (Å²) in [6.07, 6.45) is 10.7. The summed E-state index contributed by atoms with van der Waals surface area (Å²) in [4.78, 5) is 16.0. The lowest BCUT2D eigenvalue weighted by Gasteiger charge is -2.08. The van der Waals surface area contributed by atoms with E-state index in [4.69, 9.17) is 26.5 Å². The molecular weight excluding hydrogens is 634 g/mol. The van der Waals surface area contributed by atoms with E-state index in [1.807, 2.05) is 101 Å². The first-order chi connectivity index (χ1) is 20.6. The Bertz CT molecular complexity index is 1230. The summed E-state index contributed by atoms with van der Waals surface area (Å²) in [5, 5.41) is 13.4. The quantitative estimate of drug-likeness (QED) is 0.221. The van der Waals surface area contributed by atoms with E-state index in [9.17, 15) is 0 Å². The molecule has 3 aromatic rings. The molecule has 1 atom stereocenters. The number of aromatic nitrogens is 2. The molecule has 0 fully saturated rings. The van der Waals surface area contributed by atoms with Crippen LogP contribution in [0.4, 0.5) is 0 Å². The van der Waals surface area contributed by atoms with E-state index in [1.54, 1.807) is 12.3 Å². The van der Waals surface area contributed by atoms with Gasteiger partial charge < -0.3 is 9.59 Å². The van der Waals surface area contributed by atoms with Gasteiger partial charge in [0.05, 0.1) is 28.0 Å². The Labute approximate surface area is 282 Å². The number of allylic oxidation sites excluding steroid dienone is 3. The van der Waals surface area contributed by atoms with Crippen LogP contribution in [0.25, 0.3) is 11.3 Å². The standard InChI is InChI=1S/C15H14BrClN2.C9H20.C8H7N.C2H6.2CH2O.CH4/c1-10(13-6-4-5-7-15(13)17)8-11(2)19-12(3)14(16)9-18-19;1-4-6-8-9(3)7-5-2;1-7-3-2-4-8(5-7)6-9;3*1-2;/h4-9H,1H2,2-3H3;9H,4-8H2,1-3H3;2-5H,1H3;1-2H3;2*1H2;1H4/b11-8-;;;;;;. The molecule has 0 spiro atoms. The van der Waals surface area contributed by atoms with Crippen molar-refractivity contribution in [1.82, 2.24) is 9.78 Å². The Morgan fingerprint density at radius 3 is 2.07 bits per heavy atom. The summed E-state index contributed by atoms with van der Waals surface area (Å²) in [5.41, 5.74) is 5.72. The number of carbonyl (C=O) groups excluding carboxylic acids is 2. The number of carbonyl (C=O) groups is 2. The van der Waals surface area contributed by atoms with Crippen molar-refractivity contribution in [1.29, 1.82) is 5.26 Å². The number of hydrogen-bond acceptors (Lipinski definition) is 4. The smallest absolute Gasteiger partial charge is 0.106 e. The fourth-order valence-corrected chi connectivity index (χ4v) is 4.28. The Kier molecular flexibility index (Phi) is 33.8. The van der Waals surface area contributed by atoms with Crippen LogP contribution >= 0.6 is 27.5 Å². The van der Waals surface area contributed by atoms with Crippen LogP contribution in [0.3, 0.4) is 0 Å². The summed E-state index contributed by atoms with van der Waals surface area (Å²) in [6, 6.07) is 17.3. The van der Waals surface area contributed by atoms with Gasteiger partial charge in [0.25, 0.3) is 0 Å². The van der Waals surface area contributed by atoms with Crippen molar-refractivity contribution >= 4 is 52.4 Å². The zero-order chi connectivity index (χ0) is 33.8. The molecule has 0 amide bonds. The zero-order valence-electron chi connectivity index (χ0n) is 27.4. The van der Waals surface area contributed by atoms with Gasteiger partial charge in [-0.05, 0) is 83.6 Å². The van der Waals surface area contributed by atoms with Crippen molar-refractivity contribution in [3.8, 4) is 6.07 Å². The first-order valence-corrected chi connectivity index (χ1v) is 15.7.